The van der Waals surface area contributed by atoms with Gasteiger partial charge in [-0.05, 0) is 33.6 Å². The summed E-state index contributed by atoms with van der Waals surface area (Å²) in [6.45, 7) is 9.94. The minimum Gasteiger partial charge on any atom is -0.403 e. The highest BCUT2D eigenvalue weighted by Crippen LogP contribution is 2.62. The Morgan fingerprint density at radius 2 is 1.61 bits per heavy atom. The Morgan fingerprint density at radius 3 is 2.04 bits per heavy atom. The minimum atomic E-state index is -4.47. The molecule has 3 atom stereocenters. The van der Waals surface area contributed by atoms with E-state index >= 15 is 0 Å². The van der Waals surface area contributed by atoms with Gasteiger partial charge in [-0.25, -0.2) is 4.98 Å². The van der Waals surface area contributed by atoms with E-state index in [2.05, 4.69) is 9.97 Å². The van der Waals surface area contributed by atoms with Gasteiger partial charge >= 0.3 is 13.3 Å². The molecule has 1 saturated heterocycles. The van der Waals surface area contributed by atoms with Crippen LogP contribution in [0.5, 0.6) is 0 Å². The topological polar surface area (TPSA) is 44.2 Å². The molecular weight excluding hydrogens is 308 g/mol. The number of halogens is 3. The number of hydrogen-bond donors (Lipinski definition) is 0. The smallest absolute Gasteiger partial charge is 0.403 e. The normalized spacial score (nSPS) is 32.2. The Labute approximate surface area is 133 Å². The van der Waals surface area contributed by atoms with Gasteiger partial charge in [0, 0.05) is 17.9 Å². The molecule has 8 heteroatoms. The van der Waals surface area contributed by atoms with Crippen molar-refractivity contribution in [2.45, 2.75) is 63.7 Å². The number of alkyl halides is 3. The van der Waals surface area contributed by atoms with Gasteiger partial charge in [-0.3, -0.25) is 4.98 Å². The standard InChI is InChI=1S/C15H20BF3N2O2/c1-8-11(9-6-21-10(7-20-9)15(17,18)19)12(8)16-22-13(2,3)14(4,5)23-16/h6-8,11-12H,1-5H3. The van der Waals surface area contributed by atoms with E-state index in [9.17, 15) is 13.2 Å². The molecule has 0 aromatic carbocycles. The van der Waals surface area contributed by atoms with Crippen LogP contribution in [0.2, 0.25) is 5.82 Å². The van der Waals surface area contributed by atoms with Crippen LogP contribution in [0.4, 0.5) is 13.2 Å². The molecule has 1 aliphatic carbocycles. The van der Waals surface area contributed by atoms with Crippen molar-refractivity contribution >= 4 is 7.12 Å². The quantitative estimate of drug-likeness (QED) is 0.777. The van der Waals surface area contributed by atoms with Crippen LogP contribution in [-0.2, 0) is 15.5 Å². The maximum absolute atomic E-state index is 12.6. The predicted octanol–water partition coefficient (Wildman–Crippen LogP) is 3.69. The lowest BCUT2D eigenvalue weighted by Crippen LogP contribution is -2.41. The van der Waals surface area contributed by atoms with Gasteiger partial charge in [0.2, 0.25) is 0 Å². The number of aromatic nitrogens is 2. The van der Waals surface area contributed by atoms with Crippen LogP contribution < -0.4 is 0 Å². The molecule has 1 aromatic rings. The summed E-state index contributed by atoms with van der Waals surface area (Å²) in [5.41, 5.74) is -1.25. The number of nitrogens with zero attached hydrogens (tertiary/aromatic N) is 2. The maximum atomic E-state index is 12.6. The Balaban J connectivity index is 1.75. The van der Waals surface area contributed by atoms with Crippen LogP contribution in [0.15, 0.2) is 12.4 Å². The number of hydrogen-bond acceptors (Lipinski definition) is 4. The first-order chi connectivity index (χ1) is 10.4. The molecule has 2 aliphatic rings. The van der Waals surface area contributed by atoms with Gasteiger partial charge in [-0.15, -0.1) is 0 Å². The second kappa shape index (κ2) is 4.93. The van der Waals surface area contributed by atoms with E-state index in [1.54, 1.807) is 0 Å². The fraction of sp³-hybridized carbons (Fsp3) is 0.733. The predicted molar refractivity (Wildman–Crippen MR) is 78.8 cm³/mol. The molecule has 0 amide bonds. The molecule has 0 N–H and O–H groups in total. The van der Waals surface area contributed by atoms with Crippen LogP contribution >= 0.6 is 0 Å². The van der Waals surface area contributed by atoms with Crippen molar-refractivity contribution in [1.29, 1.82) is 0 Å². The summed E-state index contributed by atoms with van der Waals surface area (Å²) in [4.78, 5) is 7.45. The van der Waals surface area contributed by atoms with Gasteiger partial charge in [0.25, 0.3) is 0 Å². The molecule has 2 fully saturated rings. The van der Waals surface area contributed by atoms with Crippen molar-refractivity contribution in [2.24, 2.45) is 5.92 Å². The Morgan fingerprint density at radius 1 is 1.04 bits per heavy atom. The molecule has 1 aliphatic heterocycles. The van der Waals surface area contributed by atoms with Crippen LogP contribution in [0.3, 0.4) is 0 Å². The van der Waals surface area contributed by atoms with Crippen LogP contribution in [0.25, 0.3) is 0 Å². The molecule has 0 radical (unpaired) electrons. The average Bonchev–Trinajstić information content (AvgIpc) is 3.01. The highest BCUT2D eigenvalue weighted by molar-refractivity contribution is 6.49. The maximum Gasteiger partial charge on any atom is 0.462 e. The van der Waals surface area contributed by atoms with Gasteiger partial charge in [-0.2, -0.15) is 13.2 Å². The summed E-state index contributed by atoms with van der Waals surface area (Å²) in [5, 5.41) is 0. The van der Waals surface area contributed by atoms with Gasteiger partial charge in [0.05, 0.1) is 23.1 Å². The Kier molecular flexibility index (Phi) is 3.58. The average molecular weight is 328 g/mol. The van der Waals surface area contributed by atoms with Gasteiger partial charge in [0.1, 0.15) is 0 Å². The third-order valence-electron chi connectivity index (χ3n) is 5.34. The highest BCUT2D eigenvalue weighted by atomic mass is 19.4. The van der Waals surface area contributed by atoms with E-state index in [0.717, 1.165) is 6.20 Å². The zero-order valence-electron chi connectivity index (χ0n) is 13.8. The van der Waals surface area contributed by atoms with E-state index in [1.807, 2.05) is 34.6 Å². The first-order valence-electron chi connectivity index (χ1n) is 7.69. The number of rotatable bonds is 2. The van der Waals surface area contributed by atoms with Gasteiger partial charge < -0.3 is 9.31 Å². The molecule has 126 valence electrons. The molecule has 4 nitrogen and oxygen atoms in total. The minimum absolute atomic E-state index is 0.0134. The zero-order chi connectivity index (χ0) is 17.2. The second-order valence-corrected chi connectivity index (χ2v) is 7.41. The largest absolute Gasteiger partial charge is 0.462 e. The Bertz CT molecular complexity index is 588. The lowest BCUT2D eigenvalue weighted by molar-refractivity contribution is -0.141. The molecule has 3 unspecified atom stereocenters. The zero-order valence-corrected chi connectivity index (χ0v) is 13.8. The third-order valence-corrected chi connectivity index (χ3v) is 5.34. The lowest BCUT2D eigenvalue weighted by atomic mass is 9.79. The molecular formula is C15H20BF3N2O2. The molecule has 2 heterocycles. The monoisotopic (exact) mass is 328 g/mol. The first kappa shape index (κ1) is 16.7. The highest BCUT2D eigenvalue weighted by Gasteiger charge is 2.64. The summed E-state index contributed by atoms with van der Waals surface area (Å²) >= 11 is 0. The van der Waals surface area contributed by atoms with E-state index in [-0.39, 0.29) is 24.8 Å². The van der Waals surface area contributed by atoms with Crippen LogP contribution in [0.1, 0.15) is 51.9 Å². The van der Waals surface area contributed by atoms with Crippen molar-refractivity contribution in [2.75, 3.05) is 0 Å². The van der Waals surface area contributed by atoms with Crippen molar-refractivity contribution in [3.05, 3.63) is 23.8 Å². The molecule has 3 rings (SSSR count). The molecule has 1 aromatic heterocycles. The van der Waals surface area contributed by atoms with Crippen molar-refractivity contribution < 1.29 is 22.5 Å². The summed E-state index contributed by atoms with van der Waals surface area (Å²) in [6.07, 6.45) is -2.46. The second-order valence-electron chi connectivity index (χ2n) is 7.41. The van der Waals surface area contributed by atoms with Gasteiger partial charge in [-0.1, -0.05) is 6.92 Å². The first-order valence-corrected chi connectivity index (χ1v) is 7.69. The summed E-state index contributed by atoms with van der Waals surface area (Å²) in [7, 11) is -0.371. The molecule has 1 saturated carbocycles. The SMILES string of the molecule is CC1C(B2OC(C)(C)C(C)(C)O2)C1c1cnc(C(F)(F)F)cn1. The van der Waals surface area contributed by atoms with E-state index in [1.165, 1.54) is 6.20 Å². The van der Waals surface area contributed by atoms with Crippen molar-refractivity contribution in [3.63, 3.8) is 0 Å². The summed E-state index contributed by atoms with van der Waals surface area (Å²) < 4.78 is 49.8. The Hall–Kier alpha value is -1.15. The van der Waals surface area contributed by atoms with Crippen molar-refractivity contribution in [3.8, 4) is 0 Å². The van der Waals surface area contributed by atoms with Crippen LogP contribution in [0, 0.1) is 5.92 Å². The fourth-order valence-electron chi connectivity index (χ4n) is 3.08. The third kappa shape index (κ3) is 2.76. The molecule has 0 spiro atoms. The summed E-state index contributed by atoms with van der Waals surface area (Å²) in [5.74, 6) is 0.331. The van der Waals surface area contributed by atoms with E-state index in [0.29, 0.717) is 5.69 Å². The van der Waals surface area contributed by atoms with Crippen LogP contribution in [-0.4, -0.2) is 28.3 Å². The molecule has 0 bridgehead atoms. The van der Waals surface area contributed by atoms with E-state index < -0.39 is 23.1 Å². The molecule has 23 heavy (non-hydrogen) atoms. The fourth-order valence-corrected chi connectivity index (χ4v) is 3.08. The van der Waals surface area contributed by atoms with Crippen molar-refractivity contribution in [1.82, 2.24) is 9.97 Å². The lowest BCUT2D eigenvalue weighted by Gasteiger charge is -2.32. The van der Waals surface area contributed by atoms with Gasteiger partial charge in [0.15, 0.2) is 5.69 Å². The van der Waals surface area contributed by atoms with E-state index in [4.69, 9.17) is 9.31 Å². The summed E-state index contributed by atoms with van der Waals surface area (Å²) in [6, 6.07) is 0.